The lowest BCUT2D eigenvalue weighted by atomic mass is 10.0. The molecular formula is C18H21N3O4. The molecule has 0 spiro atoms. The van der Waals surface area contributed by atoms with Gasteiger partial charge in [0.1, 0.15) is 5.56 Å². The highest BCUT2D eigenvalue weighted by atomic mass is 16.4. The molecule has 7 heteroatoms. The maximum Gasteiger partial charge on any atom is 0.341 e. The number of aromatic nitrogens is 1. The summed E-state index contributed by atoms with van der Waals surface area (Å²) >= 11 is 0. The van der Waals surface area contributed by atoms with Crippen LogP contribution in [0.15, 0.2) is 23.1 Å². The lowest BCUT2D eigenvalue weighted by Crippen LogP contribution is -2.36. The topological polar surface area (TPSA) is 109 Å². The number of pyridine rings is 1. The van der Waals surface area contributed by atoms with Crippen LogP contribution in [0.1, 0.15) is 42.1 Å². The van der Waals surface area contributed by atoms with Crippen LogP contribution >= 0.6 is 0 Å². The van der Waals surface area contributed by atoms with E-state index < -0.39 is 11.4 Å². The van der Waals surface area contributed by atoms with Crippen molar-refractivity contribution in [3.8, 4) is 0 Å². The average Bonchev–Trinajstić information content (AvgIpc) is 3.41. The molecule has 132 valence electrons. The van der Waals surface area contributed by atoms with Gasteiger partial charge in [0, 0.05) is 30.7 Å². The molecule has 4 N–H and O–H groups in total. The summed E-state index contributed by atoms with van der Waals surface area (Å²) in [6.45, 7) is 1.41. The Morgan fingerprint density at radius 3 is 2.44 bits per heavy atom. The molecule has 0 atom stereocenters. The zero-order valence-electron chi connectivity index (χ0n) is 13.8. The van der Waals surface area contributed by atoms with Crippen molar-refractivity contribution in [1.82, 2.24) is 4.57 Å². The minimum atomic E-state index is -1.21. The van der Waals surface area contributed by atoms with Crippen molar-refractivity contribution in [2.75, 3.05) is 23.7 Å². The number of benzene rings is 1. The number of aliphatic hydroxyl groups excluding tert-OH is 1. The van der Waals surface area contributed by atoms with E-state index in [4.69, 9.17) is 5.73 Å². The molecule has 1 aliphatic heterocycles. The minimum Gasteiger partial charge on any atom is -0.477 e. The number of aliphatic hydroxyl groups is 1. The van der Waals surface area contributed by atoms with Crippen molar-refractivity contribution in [2.45, 2.75) is 37.8 Å². The highest BCUT2D eigenvalue weighted by Gasteiger charge is 2.28. The Balaban J connectivity index is 1.90. The van der Waals surface area contributed by atoms with Crippen LogP contribution in [0.4, 0.5) is 11.4 Å². The van der Waals surface area contributed by atoms with E-state index in [1.54, 1.807) is 6.07 Å². The Hall–Kier alpha value is -2.54. The van der Waals surface area contributed by atoms with Crippen molar-refractivity contribution in [2.24, 2.45) is 0 Å². The first-order valence-corrected chi connectivity index (χ1v) is 8.60. The van der Waals surface area contributed by atoms with E-state index in [1.165, 1.54) is 6.20 Å². The molecule has 2 heterocycles. The number of hydrogen-bond donors (Lipinski definition) is 3. The molecule has 0 unspecified atom stereocenters. The Morgan fingerprint density at radius 1 is 1.16 bits per heavy atom. The molecule has 2 aromatic rings. The molecule has 0 bridgehead atoms. The van der Waals surface area contributed by atoms with Crippen LogP contribution in [0.5, 0.6) is 0 Å². The number of rotatable bonds is 3. The molecule has 0 amide bonds. The standard InChI is InChI=1S/C18H21N3O4/c19-14-7-12-15(8-16(14)20-5-3-11(22)4-6-20)21(10-1-2-10)9-13(17(12)23)18(24)25/h7-11,22H,1-6,19H2,(H,24,25). The van der Waals surface area contributed by atoms with Gasteiger partial charge >= 0.3 is 5.97 Å². The third-order valence-electron chi connectivity index (χ3n) is 5.16. The van der Waals surface area contributed by atoms with Crippen molar-refractivity contribution >= 4 is 28.2 Å². The lowest BCUT2D eigenvalue weighted by Gasteiger charge is -2.32. The largest absolute Gasteiger partial charge is 0.477 e. The molecule has 2 fully saturated rings. The highest BCUT2D eigenvalue weighted by Crippen LogP contribution is 2.39. The second-order valence-electron chi connectivity index (χ2n) is 6.96. The summed E-state index contributed by atoms with van der Waals surface area (Å²) in [5.74, 6) is -1.21. The first-order chi connectivity index (χ1) is 12.0. The molecule has 1 aromatic heterocycles. The number of nitrogen functional groups attached to an aromatic ring is 1. The van der Waals surface area contributed by atoms with E-state index in [0.717, 1.165) is 24.0 Å². The number of nitrogens with zero attached hydrogens (tertiary/aromatic N) is 2. The second kappa shape index (κ2) is 5.77. The normalized spacial score (nSPS) is 18.7. The average molecular weight is 343 g/mol. The van der Waals surface area contributed by atoms with Gasteiger partial charge in [-0.25, -0.2) is 4.79 Å². The molecule has 1 aliphatic carbocycles. The van der Waals surface area contributed by atoms with Crippen molar-refractivity contribution in [1.29, 1.82) is 0 Å². The van der Waals surface area contributed by atoms with Gasteiger partial charge in [0.2, 0.25) is 5.43 Å². The number of carbonyl (C=O) groups is 1. The summed E-state index contributed by atoms with van der Waals surface area (Å²) in [4.78, 5) is 26.1. The van der Waals surface area contributed by atoms with Gasteiger partial charge in [0.15, 0.2) is 0 Å². The van der Waals surface area contributed by atoms with E-state index in [9.17, 15) is 19.8 Å². The zero-order chi connectivity index (χ0) is 17.7. The fourth-order valence-electron chi connectivity index (χ4n) is 3.59. The third kappa shape index (κ3) is 2.74. The van der Waals surface area contributed by atoms with Crippen LogP contribution in [0.3, 0.4) is 0 Å². The van der Waals surface area contributed by atoms with Crippen LogP contribution in [0.2, 0.25) is 0 Å². The van der Waals surface area contributed by atoms with E-state index in [2.05, 4.69) is 4.90 Å². The number of piperidine rings is 1. The summed E-state index contributed by atoms with van der Waals surface area (Å²) in [6.07, 6.45) is 4.51. The molecule has 4 rings (SSSR count). The van der Waals surface area contributed by atoms with Gasteiger partial charge in [-0.05, 0) is 37.8 Å². The zero-order valence-corrected chi connectivity index (χ0v) is 13.8. The fraction of sp³-hybridized carbons (Fsp3) is 0.444. The first kappa shape index (κ1) is 16.0. The minimum absolute atomic E-state index is 0.215. The van der Waals surface area contributed by atoms with Crippen LogP contribution in [0.25, 0.3) is 10.9 Å². The first-order valence-electron chi connectivity index (χ1n) is 8.60. The highest BCUT2D eigenvalue weighted by molar-refractivity contribution is 5.96. The van der Waals surface area contributed by atoms with E-state index >= 15 is 0 Å². The number of anilines is 2. The smallest absolute Gasteiger partial charge is 0.341 e. The number of nitrogens with two attached hydrogens (primary N) is 1. The molecule has 1 saturated heterocycles. The fourth-order valence-corrected chi connectivity index (χ4v) is 3.59. The molecule has 7 nitrogen and oxygen atoms in total. The number of hydrogen-bond acceptors (Lipinski definition) is 5. The van der Waals surface area contributed by atoms with Gasteiger partial charge in [-0.2, -0.15) is 0 Å². The monoisotopic (exact) mass is 343 g/mol. The van der Waals surface area contributed by atoms with Gasteiger partial charge in [0.05, 0.1) is 23.0 Å². The molecule has 0 radical (unpaired) electrons. The van der Waals surface area contributed by atoms with Gasteiger partial charge < -0.3 is 25.4 Å². The third-order valence-corrected chi connectivity index (χ3v) is 5.16. The molecule has 1 aromatic carbocycles. The maximum atomic E-state index is 12.6. The Morgan fingerprint density at radius 2 is 1.84 bits per heavy atom. The summed E-state index contributed by atoms with van der Waals surface area (Å²) in [6, 6.07) is 3.73. The number of carboxylic acids is 1. The summed E-state index contributed by atoms with van der Waals surface area (Å²) in [5, 5.41) is 19.4. The van der Waals surface area contributed by atoms with Crippen LogP contribution in [-0.4, -0.2) is 39.9 Å². The van der Waals surface area contributed by atoms with Crippen LogP contribution in [-0.2, 0) is 0 Å². The van der Waals surface area contributed by atoms with E-state index in [1.807, 2.05) is 10.6 Å². The number of fused-ring (bicyclic) bond motifs is 1. The van der Waals surface area contributed by atoms with Gasteiger partial charge in [-0.15, -0.1) is 0 Å². The molecule has 2 aliphatic rings. The SMILES string of the molecule is Nc1cc2c(=O)c(C(=O)O)cn(C3CC3)c2cc1N1CCC(O)CC1. The quantitative estimate of drug-likeness (QED) is 0.730. The molecule has 1 saturated carbocycles. The number of carboxylic acid groups (broad SMARTS) is 1. The predicted molar refractivity (Wildman–Crippen MR) is 95.3 cm³/mol. The van der Waals surface area contributed by atoms with Crippen molar-refractivity contribution in [3.05, 3.63) is 34.1 Å². The van der Waals surface area contributed by atoms with Gasteiger partial charge in [-0.3, -0.25) is 4.79 Å². The summed E-state index contributed by atoms with van der Waals surface area (Å²) in [5.41, 5.74) is 7.52. The van der Waals surface area contributed by atoms with Gasteiger partial charge in [-0.1, -0.05) is 0 Å². The maximum absolute atomic E-state index is 12.6. The predicted octanol–water partition coefficient (Wildman–Crippen LogP) is 1.58. The van der Waals surface area contributed by atoms with Crippen molar-refractivity contribution in [3.63, 3.8) is 0 Å². The van der Waals surface area contributed by atoms with Crippen LogP contribution in [0, 0.1) is 0 Å². The molecule has 25 heavy (non-hydrogen) atoms. The Bertz CT molecular complexity index is 909. The van der Waals surface area contributed by atoms with Crippen molar-refractivity contribution < 1.29 is 15.0 Å². The van der Waals surface area contributed by atoms with E-state index in [0.29, 0.717) is 37.0 Å². The number of aromatic carboxylic acids is 1. The lowest BCUT2D eigenvalue weighted by molar-refractivity contribution is 0.0695. The molecular weight excluding hydrogens is 322 g/mol. The summed E-state index contributed by atoms with van der Waals surface area (Å²) in [7, 11) is 0. The Labute approximate surface area is 144 Å². The van der Waals surface area contributed by atoms with Gasteiger partial charge in [0.25, 0.3) is 0 Å². The second-order valence-corrected chi connectivity index (χ2v) is 6.96. The Kier molecular flexibility index (Phi) is 3.68. The van der Waals surface area contributed by atoms with Crippen LogP contribution < -0.4 is 16.1 Å². The van der Waals surface area contributed by atoms with E-state index in [-0.39, 0.29) is 17.7 Å². The summed E-state index contributed by atoms with van der Waals surface area (Å²) < 4.78 is 1.90.